The number of phenolic OH excluding ortho intramolecular Hbond substituents is 1. The van der Waals surface area contributed by atoms with E-state index in [0.717, 1.165) is 24.5 Å². The van der Waals surface area contributed by atoms with Gasteiger partial charge in [-0.2, -0.15) is 0 Å². The molecule has 5 aliphatic carbocycles. The van der Waals surface area contributed by atoms with E-state index in [4.69, 9.17) is 0 Å². The van der Waals surface area contributed by atoms with E-state index in [1.54, 1.807) is 20.8 Å². The predicted molar refractivity (Wildman–Crippen MR) is 208 cm³/mol. The maximum Gasteiger partial charge on any atom is 0.190 e. The minimum absolute atomic E-state index is 0.00620. The zero-order valence-corrected chi connectivity index (χ0v) is 33.2. The Morgan fingerprint density at radius 1 is 0.944 bits per heavy atom. The number of allylic oxidation sites excluding steroid dienone is 4. The topological polar surface area (TPSA) is 126 Å². The van der Waals surface area contributed by atoms with Crippen LogP contribution in [0.4, 0.5) is 0 Å². The van der Waals surface area contributed by atoms with E-state index in [2.05, 4.69) is 51.1 Å². The lowest BCUT2D eigenvalue weighted by molar-refractivity contribution is -0.205. The van der Waals surface area contributed by atoms with Crippen molar-refractivity contribution in [1.82, 2.24) is 0 Å². The summed E-state index contributed by atoms with van der Waals surface area (Å²) in [4.78, 5) is 70.3. The summed E-state index contributed by atoms with van der Waals surface area (Å²) in [5.74, 6) is -7.47. The first-order valence-electron chi connectivity index (χ1n) is 20.1. The van der Waals surface area contributed by atoms with Gasteiger partial charge in [0.1, 0.15) is 17.5 Å². The van der Waals surface area contributed by atoms with Crippen molar-refractivity contribution in [2.45, 2.75) is 124 Å². The number of rotatable bonds is 7. The molecule has 0 saturated heterocycles. The molecule has 54 heavy (non-hydrogen) atoms. The highest BCUT2D eigenvalue weighted by Gasteiger charge is 2.76. The molecule has 7 rings (SSSR count). The summed E-state index contributed by atoms with van der Waals surface area (Å²) in [7, 11) is 0. The highest BCUT2D eigenvalue weighted by Crippen LogP contribution is 2.64. The molecule has 0 heterocycles. The molecule has 3 saturated carbocycles. The van der Waals surface area contributed by atoms with Gasteiger partial charge in [-0.3, -0.25) is 24.0 Å². The van der Waals surface area contributed by atoms with Crippen LogP contribution in [-0.4, -0.2) is 44.7 Å². The van der Waals surface area contributed by atoms with Crippen molar-refractivity contribution in [3.63, 3.8) is 0 Å². The normalized spacial score (nSPS) is 33.7. The fourth-order valence-corrected chi connectivity index (χ4v) is 12.0. The van der Waals surface area contributed by atoms with Gasteiger partial charge in [-0.15, -0.1) is 0 Å². The van der Waals surface area contributed by atoms with E-state index in [1.165, 1.54) is 42.4 Å². The number of carbonyl (C=O) groups is 5. The van der Waals surface area contributed by atoms with Gasteiger partial charge in [-0.1, -0.05) is 83.5 Å². The van der Waals surface area contributed by atoms with Gasteiger partial charge in [0.05, 0.1) is 11.5 Å². The van der Waals surface area contributed by atoms with Crippen LogP contribution in [0, 0.1) is 47.3 Å². The number of phenols is 1. The van der Waals surface area contributed by atoms with E-state index in [1.807, 2.05) is 19.1 Å². The summed E-state index contributed by atoms with van der Waals surface area (Å²) >= 11 is 0. The Morgan fingerprint density at radius 3 is 2.22 bits per heavy atom. The Kier molecular flexibility index (Phi) is 9.47. The Morgan fingerprint density at radius 2 is 1.61 bits per heavy atom. The van der Waals surface area contributed by atoms with Crippen LogP contribution in [0.1, 0.15) is 143 Å². The number of carbonyl (C=O) groups excluding carboxylic acids is 5. The minimum Gasteiger partial charge on any atom is -0.507 e. The fraction of sp³-hybridized carbons (Fsp3) is 0.553. The average Bonchev–Trinajstić information content (AvgIpc) is 3.54. The largest absolute Gasteiger partial charge is 0.507 e. The van der Waals surface area contributed by atoms with Crippen molar-refractivity contribution in [3.05, 3.63) is 81.4 Å². The quantitative estimate of drug-likeness (QED) is 0.273. The van der Waals surface area contributed by atoms with Gasteiger partial charge >= 0.3 is 0 Å². The number of aromatic hydroxyl groups is 1. The summed E-state index contributed by atoms with van der Waals surface area (Å²) in [6, 6.07) is 10.7. The standard InChI is InChI=1S/C47H56O7/c1-24(2)33-21-34(31-18-15-29(20-31)19-28-13-16-30(17-14-28)32-12-10-9-11-26(32)5)40(49)37-35(33)22-45(7)23-46(8)38(25(3)4)41(50)36(27(6)48)43(52)47(46,54)44(53)39(45)42(37)51/h9-12,15,18,21,24-25,28,30,36,38-39,49,54H,13-14,16-17,19-20,22-23H2,1-8H3/t28?,30?,36?,38?,39?,45-,46-,47+/m1/s1. The first kappa shape index (κ1) is 38.3. The van der Waals surface area contributed by atoms with Crippen LogP contribution in [-0.2, 0) is 25.6 Å². The number of hydrogen-bond donors (Lipinski definition) is 2. The number of aryl methyl sites for hydroxylation is 1. The molecule has 286 valence electrons. The Hall–Kier alpha value is -3.97. The monoisotopic (exact) mass is 732 g/mol. The van der Waals surface area contributed by atoms with Crippen LogP contribution in [0.2, 0.25) is 0 Å². The van der Waals surface area contributed by atoms with E-state index >= 15 is 0 Å². The van der Waals surface area contributed by atoms with Gasteiger partial charge in [0.15, 0.2) is 28.7 Å². The molecule has 7 heteroatoms. The molecular weight excluding hydrogens is 677 g/mol. The highest BCUT2D eigenvalue weighted by molar-refractivity contribution is 6.32. The van der Waals surface area contributed by atoms with Gasteiger partial charge in [-0.05, 0) is 128 Å². The van der Waals surface area contributed by atoms with Crippen molar-refractivity contribution >= 4 is 34.5 Å². The van der Waals surface area contributed by atoms with E-state index in [-0.39, 0.29) is 36.0 Å². The van der Waals surface area contributed by atoms with Crippen LogP contribution in [0.15, 0.2) is 48.1 Å². The summed E-state index contributed by atoms with van der Waals surface area (Å²) in [5, 5.41) is 24.5. The molecule has 0 bridgehead atoms. The number of fused-ring (bicyclic) bond motifs is 3. The van der Waals surface area contributed by atoms with Gasteiger partial charge in [0.2, 0.25) is 0 Å². The molecule has 0 spiro atoms. The van der Waals surface area contributed by atoms with Gasteiger partial charge in [0, 0.05) is 16.9 Å². The molecule has 2 aromatic rings. The summed E-state index contributed by atoms with van der Waals surface area (Å²) in [6.45, 7) is 14.5. The van der Waals surface area contributed by atoms with Crippen molar-refractivity contribution in [2.75, 3.05) is 0 Å². The number of ketones is 5. The Labute approximate surface area is 319 Å². The van der Waals surface area contributed by atoms with Gasteiger partial charge in [0.25, 0.3) is 0 Å². The van der Waals surface area contributed by atoms with Gasteiger partial charge in [-0.25, -0.2) is 0 Å². The molecule has 2 aromatic carbocycles. The lowest BCUT2D eigenvalue weighted by atomic mass is 9.39. The average molecular weight is 733 g/mol. The third-order valence-corrected chi connectivity index (χ3v) is 14.3. The second-order valence-electron chi connectivity index (χ2n) is 18.7. The maximum atomic E-state index is 14.9. The van der Waals surface area contributed by atoms with E-state index in [9.17, 15) is 34.2 Å². The zero-order chi connectivity index (χ0) is 39.2. The predicted octanol–water partition coefficient (Wildman–Crippen LogP) is 8.60. The lowest BCUT2D eigenvalue weighted by Gasteiger charge is -2.62. The second-order valence-corrected chi connectivity index (χ2v) is 18.7. The van der Waals surface area contributed by atoms with Crippen LogP contribution in [0.25, 0.3) is 5.57 Å². The number of hydrogen-bond acceptors (Lipinski definition) is 7. The summed E-state index contributed by atoms with van der Waals surface area (Å²) < 4.78 is 0. The second kappa shape index (κ2) is 13.4. The molecule has 0 amide bonds. The Balaban J connectivity index is 1.19. The molecule has 6 atom stereocenters. The highest BCUT2D eigenvalue weighted by atomic mass is 16.3. The fourth-order valence-electron chi connectivity index (χ4n) is 12.0. The first-order chi connectivity index (χ1) is 25.4. The maximum absolute atomic E-state index is 14.9. The van der Waals surface area contributed by atoms with Crippen LogP contribution in [0.5, 0.6) is 5.75 Å². The van der Waals surface area contributed by atoms with Crippen LogP contribution >= 0.6 is 0 Å². The lowest BCUT2D eigenvalue weighted by Crippen LogP contribution is -2.76. The van der Waals surface area contributed by atoms with Crippen molar-refractivity contribution in [1.29, 1.82) is 0 Å². The number of benzene rings is 2. The number of aliphatic hydroxyl groups is 1. The van der Waals surface area contributed by atoms with E-state index < -0.39 is 63.1 Å². The first-order valence-corrected chi connectivity index (χ1v) is 20.1. The van der Waals surface area contributed by atoms with Crippen molar-refractivity contribution in [2.24, 2.45) is 40.4 Å². The zero-order valence-electron chi connectivity index (χ0n) is 33.2. The SMILES string of the molecule is CC(=O)C1C(=O)C(C(C)C)[C@@]2(C)C[C@@]3(C)Cc4c(C(C)C)cc(C5=CC=C(CC6CCC(c7ccccc7C)CC6)C5)c(O)c4C(=O)C3C(=O)[C@@]2(O)C1=O. The summed E-state index contributed by atoms with van der Waals surface area (Å²) in [6.07, 6.45) is 10.9. The molecule has 3 unspecified atom stereocenters. The van der Waals surface area contributed by atoms with Crippen LogP contribution < -0.4 is 0 Å². The number of Topliss-reactive ketones (excluding diaryl/α,β-unsaturated/α-hetero) is 5. The minimum atomic E-state index is -2.70. The van der Waals surface area contributed by atoms with E-state index in [0.29, 0.717) is 29.4 Å². The summed E-state index contributed by atoms with van der Waals surface area (Å²) in [5.41, 5.74) is 2.05. The third kappa shape index (κ3) is 5.58. The van der Waals surface area contributed by atoms with Crippen molar-refractivity contribution < 1.29 is 34.2 Å². The smallest absolute Gasteiger partial charge is 0.190 e. The van der Waals surface area contributed by atoms with Crippen LogP contribution in [0.3, 0.4) is 0 Å². The van der Waals surface area contributed by atoms with Crippen molar-refractivity contribution in [3.8, 4) is 5.75 Å². The molecule has 7 nitrogen and oxygen atoms in total. The molecule has 0 aliphatic heterocycles. The third-order valence-electron chi connectivity index (χ3n) is 14.3. The Bertz CT molecular complexity index is 2040. The molecule has 3 fully saturated rings. The molecule has 0 aromatic heterocycles. The molecular formula is C47H56O7. The molecule has 0 radical (unpaired) electrons. The van der Waals surface area contributed by atoms with Gasteiger partial charge < -0.3 is 10.2 Å². The molecule has 5 aliphatic rings. The molecule has 2 N–H and O–H groups in total.